The first kappa shape index (κ1) is 9.47. The molecule has 1 fully saturated rings. The lowest BCUT2D eigenvalue weighted by atomic mass is 10.1. The molecule has 17 heavy (non-hydrogen) atoms. The van der Waals surface area contributed by atoms with Crippen LogP contribution in [0.4, 0.5) is 0 Å². The lowest BCUT2D eigenvalue weighted by Crippen LogP contribution is -2.03. The van der Waals surface area contributed by atoms with E-state index in [2.05, 4.69) is 25.4 Å². The minimum Gasteiger partial charge on any atom is -0.384 e. The average Bonchev–Trinajstić information content (AvgIpc) is 2.82. The second kappa shape index (κ2) is 3.22. The van der Waals surface area contributed by atoms with E-state index in [0.717, 1.165) is 24.6 Å². The Balaban J connectivity index is 1.66. The van der Waals surface area contributed by atoms with Crippen molar-refractivity contribution in [2.24, 2.45) is 27.1 Å². The second-order valence-electron chi connectivity index (χ2n) is 4.84. The van der Waals surface area contributed by atoms with Crippen LogP contribution in [-0.2, 0) is 11.2 Å². The Morgan fingerprint density at radius 2 is 2.41 bits per heavy atom. The zero-order valence-electron chi connectivity index (χ0n) is 9.55. The van der Waals surface area contributed by atoms with Gasteiger partial charge in [0.2, 0.25) is 0 Å². The van der Waals surface area contributed by atoms with Crippen LogP contribution in [-0.4, -0.2) is 36.4 Å². The zero-order valence-corrected chi connectivity index (χ0v) is 9.55. The van der Waals surface area contributed by atoms with Gasteiger partial charge in [-0.25, -0.2) is 4.99 Å². The van der Waals surface area contributed by atoms with Gasteiger partial charge in [0.05, 0.1) is 5.69 Å². The molecule has 6 heteroatoms. The molecule has 3 unspecified atom stereocenters. The van der Waals surface area contributed by atoms with E-state index in [9.17, 15) is 0 Å². The summed E-state index contributed by atoms with van der Waals surface area (Å²) in [7, 11) is 1.76. The monoisotopic (exact) mass is 231 g/mol. The van der Waals surface area contributed by atoms with Crippen LogP contribution in [0.5, 0.6) is 0 Å². The highest BCUT2D eigenvalue weighted by Gasteiger charge is 2.57. The van der Waals surface area contributed by atoms with Crippen molar-refractivity contribution < 1.29 is 4.74 Å². The van der Waals surface area contributed by atoms with Crippen LogP contribution >= 0.6 is 0 Å². The molecule has 1 saturated carbocycles. The maximum atomic E-state index is 5.23. The first-order chi connectivity index (χ1) is 8.40. The Hall–Kier alpha value is -1.56. The Morgan fingerprint density at radius 1 is 1.47 bits per heavy atom. The van der Waals surface area contributed by atoms with E-state index in [0.29, 0.717) is 24.3 Å². The fourth-order valence-electron chi connectivity index (χ4n) is 3.19. The number of fused-ring (bicyclic) bond motifs is 3. The Labute approximate surface area is 98.2 Å². The minimum absolute atomic E-state index is 0.447. The third-order valence-electron chi connectivity index (χ3n) is 4.02. The molecular weight excluding hydrogens is 218 g/mol. The van der Waals surface area contributed by atoms with Crippen molar-refractivity contribution in [1.29, 1.82) is 0 Å². The summed E-state index contributed by atoms with van der Waals surface area (Å²) in [6, 6.07) is 0. The van der Waals surface area contributed by atoms with Crippen molar-refractivity contribution in [3.8, 4) is 0 Å². The molecule has 0 saturated heterocycles. The van der Waals surface area contributed by atoms with Gasteiger partial charge in [-0.1, -0.05) is 0 Å². The molecule has 1 aromatic rings. The van der Waals surface area contributed by atoms with E-state index in [4.69, 9.17) is 4.74 Å². The Kier molecular flexibility index (Phi) is 1.80. The van der Waals surface area contributed by atoms with Crippen LogP contribution in [0.15, 0.2) is 15.2 Å². The van der Waals surface area contributed by atoms with E-state index in [1.165, 1.54) is 11.3 Å². The maximum Gasteiger partial charge on any atom is 0.197 e. The number of hydrogen-bond donors (Lipinski definition) is 1. The highest BCUT2D eigenvalue weighted by atomic mass is 16.5. The number of rotatable bonds is 3. The van der Waals surface area contributed by atoms with Crippen LogP contribution < -0.4 is 0 Å². The summed E-state index contributed by atoms with van der Waals surface area (Å²) < 4.78 is 5.23. The molecule has 0 bridgehead atoms. The van der Waals surface area contributed by atoms with Crippen LogP contribution in [0.3, 0.4) is 0 Å². The Bertz CT molecular complexity index is 532. The molecule has 0 aromatic carbocycles. The van der Waals surface area contributed by atoms with Gasteiger partial charge < -0.3 is 4.74 Å². The summed E-state index contributed by atoms with van der Waals surface area (Å²) in [6.45, 7) is 1.29. The van der Waals surface area contributed by atoms with Gasteiger partial charge in [0.25, 0.3) is 0 Å². The summed E-state index contributed by atoms with van der Waals surface area (Å²) in [6.07, 6.45) is 1.08. The molecule has 3 atom stereocenters. The number of aromatic amines is 1. The fourth-order valence-corrected chi connectivity index (χ4v) is 3.19. The van der Waals surface area contributed by atoms with E-state index < -0.39 is 0 Å². The summed E-state index contributed by atoms with van der Waals surface area (Å²) >= 11 is 0. The first-order valence-corrected chi connectivity index (χ1v) is 5.88. The zero-order chi connectivity index (χ0) is 11.4. The lowest BCUT2D eigenvalue weighted by molar-refractivity contribution is 0.179. The van der Waals surface area contributed by atoms with Gasteiger partial charge in [-0.15, -0.1) is 5.11 Å². The summed E-state index contributed by atoms with van der Waals surface area (Å²) in [5, 5.41) is 15.4. The molecule has 0 spiro atoms. The summed E-state index contributed by atoms with van der Waals surface area (Å²) in [5.41, 5.74) is 3.48. The normalized spacial score (nSPS) is 32.5. The molecule has 88 valence electrons. The molecule has 2 aliphatic carbocycles. The molecule has 2 heterocycles. The molecule has 1 aromatic heterocycles. The number of methoxy groups -OCH3 is 1. The SMILES string of the molecule is COCC1C2Cc3c(n[nH]c3C3=NCN=N3)C12. The van der Waals surface area contributed by atoms with Crippen molar-refractivity contribution >= 4 is 5.84 Å². The van der Waals surface area contributed by atoms with Gasteiger partial charge in [-0.3, -0.25) is 5.10 Å². The predicted octanol–water partition coefficient (Wildman–Crippen LogP) is 1.11. The van der Waals surface area contributed by atoms with Gasteiger partial charge in [0, 0.05) is 25.2 Å². The largest absolute Gasteiger partial charge is 0.384 e. The number of hydrogen-bond acceptors (Lipinski definition) is 5. The number of aromatic nitrogens is 2. The summed E-state index contributed by atoms with van der Waals surface area (Å²) in [5.74, 6) is 2.69. The number of H-pyrrole nitrogens is 1. The topological polar surface area (TPSA) is 75.0 Å². The summed E-state index contributed by atoms with van der Waals surface area (Å²) in [4.78, 5) is 4.24. The molecule has 0 amide bonds. The van der Waals surface area contributed by atoms with Gasteiger partial charge in [-0.05, 0) is 18.3 Å². The molecule has 6 nitrogen and oxygen atoms in total. The molecule has 1 N–H and O–H groups in total. The standard InChI is InChI=1S/C11H13N5O/c1-17-3-7-5-2-6-9(8(5)7)14-15-10(6)11-12-4-13-16-11/h5,7-8H,2-4H2,1H3,(H,14,15). The van der Waals surface area contributed by atoms with Gasteiger partial charge in [0.1, 0.15) is 5.69 Å². The number of ether oxygens (including phenoxy) is 1. The number of nitrogens with one attached hydrogen (secondary N) is 1. The van der Waals surface area contributed by atoms with E-state index >= 15 is 0 Å². The minimum atomic E-state index is 0.447. The molecule has 3 aliphatic rings. The quantitative estimate of drug-likeness (QED) is 0.846. The number of nitrogens with zero attached hydrogens (tertiary/aromatic N) is 4. The van der Waals surface area contributed by atoms with Crippen molar-refractivity contribution in [3.05, 3.63) is 17.0 Å². The van der Waals surface area contributed by atoms with Crippen molar-refractivity contribution in [2.45, 2.75) is 12.3 Å². The van der Waals surface area contributed by atoms with Gasteiger partial charge >= 0.3 is 0 Å². The average molecular weight is 231 g/mol. The first-order valence-electron chi connectivity index (χ1n) is 5.88. The van der Waals surface area contributed by atoms with E-state index in [1.807, 2.05) is 0 Å². The van der Waals surface area contributed by atoms with E-state index in [-0.39, 0.29) is 0 Å². The molecule has 0 radical (unpaired) electrons. The smallest absolute Gasteiger partial charge is 0.197 e. The second-order valence-corrected chi connectivity index (χ2v) is 4.84. The van der Waals surface area contributed by atoms with Crippen LogP contribution in [0.2, 0.25) is 0 Å². The third-order valence-corrected chi connectivity index (χ3v) is 4.02. The Morgan fingerprint density at radius 3 is 3.18 bits per heavy atom. The van der Waals surface area contributed by atoms with E-state index in [1.54, 1.807) is 7.11 Å². The molecule has 1 aliphatic heterocycles. The van der Waals surface area contributed by atoms with Gasteiger partial charge in [0.15, 0.2) is 12.5 Å². The van der Waals surface area contributed by atoms with Gasteiger partial charge in [-0.2, -0.15) is 10.2 Å². The molecular formula is C11H13N5O. The van der Waals surface area contributed by atoms with Crippen LogP contribution in [0, 0.1) is 11.8 Å². The van der Waals surface area contributed by atoms with Crippen LogP contribution in [0.1, 0.15) is 22.9 Å². The van der Waals surface area contributed by atoms with Crippen molar-refractivity contribution in [1.82, 2.24) is 10.2 Å². The van der Waals surface area contributed by atoms with Crippen molar-refractivity contribution in [3.63, 3.8) is 0 Å². The third kappa shape index (κ3) is 1.18. The number of azo groups is 1. The lowest BCUT2D eigenvalue weighted by Gasteiger charge is -2.02. The highest BCUT2D eigenvalue weighted by Crippen LogP contribution is 2.61. The number of aliphatic imine (C=N–C) groups is 1. The highest BCUT2D eigenvalue weighted by molar-refractivity contribution is 5.99. The molecule has 4 rings (SSSR count). The van der Waals surface area contributed by atoms with Crippen LogP contribution in [0.25, 0.3) is 0 Å². The fraction of sp³-hybridized carbons (Fsp3) is 0.636. The maximum absolute atomic E-state index is 5.23. The van der Waals surface area contributed by atoms with Crippen molar-refractivity contribution in [2.75, 3.05) is 20.4 Å². The number of amidine groups is 1. The predicted molar refractivity (Wildman–Crippen MR) is 60.1 cm³/mol.